The molecule has 0 aromatic heterocycles. The molecule has 2 N–H and O–H groups in total. The van der Waals surface area contributed by atoms with Gasteiger partial charge in [-0.1, -0.05) is 12.1 Å². The molecule has 35 heavy (non-hydrogen) atoms. The van der Waals surface area contributed by atoms with E-state index in [2.05, 4.69) is 90.0 Å². The van der Waals surface area contributed by atoms with Gasteiger partial charge in [-0.25, -0.2) is 0 Å². The maximum atomic E-state index is 11.2. The van der Waals surface area contributed by atoms with Crippen LogP contribution in [0, 0.1) is 10.1 Å². The first kappa shape index (κ1) is 22.5. The molecule has 5 rings (SSSR count). The molecule has 1 aliphatic carbocycles. The van der Waals surface area contributed by atoms with Crippen LogP contribution in [0.1, 0.15) is 25.0 Å². The maximum absolute atomic E-state index is 11.2. The van der Waals surface area contributed by atoms with Crippen molar-refractivity contribution in [3.05, 3.63) is 106 Å². The molecule has 0 amide bonds. The van der Waals surface area contributed by atoms with Crippen molar-refractivity contribution >= 4 is 34.1 Å². The van der Waals surface area contributed by atoms with Crippen LogP contribution in [0.3, 0.4) is 0 Å². The van der Waals surface area contributed by atoms with Gasteiger partial charge in [0.25, 0.3) is 5.69 Å². The molecule has 6 nitrogen and oxygen atoms in total. The fourth-order valence-corrected chi connectivity index (χ4v) is 4.74. The van der Waals surface area contributed by atoms with Crippen LogP contribution >= 0.6 is 0 Å². The third-order valence-corrected chi connectivity index (χ3v) is 6.58. The Balaban J connectivity index is 1.29. The zero-order valence-electron chi connectivity index (χ0n) is 19.9. The molecule has 6 heteroatoms. The lowest BCUT2D eigenvalue weighted by molar-refractivity contribution is -0.384. The van der Waals surface area contributed by atoms with E-state index in [1.807, 2.05) is 12.1 Å². The van der Waals surface area contributed by atoms with Crippen molar-refractivity contribution in [2.24, 2.45) is 0 Å². The summed E-state index contributed by atoms with van der Waals surface area (Å²) in [7, 11) is 0. The molecule has 0 unspecified atom stereocenters. The molecule has 0 atom stereocenters. The number of non-ortho nitro benzene ring substituents is 1. The lowest BCUT2D eigenvalue weighted by Gasteiger charge is -2.21. The number of hydrogen-bond donors (Lipinski definition) is 2. The molecule has 176 valence electrons. The number of nitrogens with one attached hydrogen (secondary N) is 2. The summed E-state index contributed by atoms with van der Waals surface area (Å²) in [4.78, 5) is 13.2. The summed E-state index contributed by atoms with van der Waals surface area (Å²) in [5.41, 5.74) is 9.81. The molecule has 0 fully saturated rings. The summed E-state index contributed by atoms with van der Waals surface area (Å²) < 4.78 is 0. The Hall–Kier alpha value is -4.32. The third kappa shape index (κ3) is 4.55. The summed E-state index contributed by atoms with van der Waals surface area (Å²) in [5.74, 6) is 0. The normalized spacial score (nSPS) is 11.5. The van der Waals surface area contributed by atoms with E-state index in [9.17, 15) is 10.1 Å². The van der Waals surface area contributed by atoms with Gasteiger partial charge in [-0.3, -0.25) is 10.1 Å². The number of fused-ring (bicyclic) bond motifs is 3. The van der Waals surface area contributed by atoms with E-state index in [0.29, 0.717) is 6.42 Å². The summed E-state index contributed by atoms with van der Waals surface area (Å²) in [6.07, 6.45) is 0.679. The number of rotatable bonds is 8. The van der Waals surface area contributed by atoms with Crippen molar-refractivity contribution in [1.29, 1.82) is 0 Å². The van der Waals surface area contributed by atoms with E-state index in [1.54, 1.807) is 12.1 Å². The minimum absolute atomic E-state index is 0.136. The molecular formula is C29H28N4O2. The van der Waals surface area contributed by atoms with Gasteiger partial charge in [0.1, 0.15) is 0 Å². The molecule has 4 aromatic carbocycles. The number of hydrogen-bond acceptors (Lipinski definition) is 5. The summed E-state index contributed by atoms with van der Waals surface area (Å²) in [5, 5.41) is 18.2. The fourth-order valence-electron chi connectivity index (χ4n) is 4.74. The largest absolute Gasteiger partial charge is 0.372 e. The molecule has 0 aliphatic heterocycles. The van der Waals surface area contributed by atoms with Crippen LogP contribution in [-0.4, -0.2) is 18.0 Å². The Kier molecular flexibility index (Phi) is 6.10. The van der Waals surface area contributed by atoms with Crippen molar-refractivity contribution in [1.82, 2.24) is 0 Å². The number of anilines is 5. The third-order valence-electron chi connectivity index (χ3n) is 6.58. The van der Waals surface area contributed by atoms with Gasteiger partial charge in [0.2, 0.25) is 0 Å². The van der Waals surface area contributed by atoms with Gasteiger partial charge in [0, 0.05) is 60.1 Å². The minimum Gasteiger partial charge on any atom is -0.372 e. The quantitative estimate of drug-likeness (QED) is 0.184. The van der Waals surface area contributed by atoms with E-state index >= 15 is 0 Å². The van der Waals surface area contributed by atoms with Crippen molar-refractivity contribution in [2.75, 3.05) is 28.6 Å². The molecule has 0 bridgehead atoms. The van der Waals surface area contributed by atoms with Crippen molar-refractivity contribution in [3.8, 4) is 11.1 Å². The second-order valence-corrected chi connectivity index (χ2v) is 8.65. The van der Waals surface area contributed by atoms with Gasteiger partial charge >= 0.3 is 0 Å². The summed E-state index contributed by atoms with van der Waals surface area (Å²) in [6, 6.07) is 28.0. The topological polar surface area (TPSA) is 70.4 Å². The first-order chi connectivity index (χ1) is 17.1. The standard InChI is InChI=1S/C29H28N4O2/c1-3-32(4-2)24-14-12-22(13-15-24)30-21-8-10-23(11-9-21)31-29-7-5-6-27-26-17-16-25(33(34)35)18-20(26)19-28(27)29/h5-18,30-31H,3-4,19H2,1-2H3. The van der Waals surface area contributed by atoms with Crippen molar-refractivity contribution in [2.45, 2.75) is 20.3 Å². The Morgan fingerprint density at radius 3 is 2.06 bits per heavy atom. The van der Waals surface area contributed by atoms with Crippen LogP contribution in [0.25, 0.3) is 11.1 Å². The molecule has 0 radical (unpaired) electrons. The van der Waals surface area contributed by atoms with Gasteiger partial charge in [-0.05, 0) is 96.8 Å². The Morgan fingerprint density at radius 2 is 1.43 bits per heavy atom. The molecule has 0 spiro atoms. The zero-order chi connectivity index (χ0) is 24.4. The van der Waals surface area contributed by atoms with Crippen LogP contribution in [0.15, 0.2) is 84.9 Å². The number of benzene rings is 4. The predicted octanol–water partition coefficient (Wildman–Crippen LogP) is 7.50. The van der Waals surface area contributed by atoms with E-state index in [4.69, 9.17) is 0 Å². The van der Waals surface area contributed by atoms with E-state index < -0.39 is 0 Å². The zero-order valence-corrected chi connectivity index (χ0v) is 19.9. The maximum Gasteiger partial charge on any atom is 0.269 e. The van der Waals surface area contributed by atoms with Crippen LogP contribution in [-0.2, 0) is 6.42 Å². The first-order valence-electron chi connectivity index (χ1n) is 11.9. The lowest BCUT2D eigenvalue weighted by atomic mass is 10.0. The van der Waals surface area contributed by atoms with Gasteiger partial charge in [0.05, 0.1) is 4.92 Å². The van der Waals surface area contributed by atoms with Crippen LogP contribution in [0.5, 0.6) is 0 Å². The molecular weight excluding hydrogens is 436 g/mol. The minimum atomic E-state index is -0.336. The Bertz CT molecular complexity index is 1360. The molecule has 4 aromatic rings. The number of nitro groups is 1. The highest BCUT2D eigenvalue weighted by molar-refractivity contribution is 5.84. The fraction of sp³-hybridized carbons (Fsp3) is 0.172. The molecule has 1 aliphatic rings. The highest BCUT2D eigenvalue weighted by atomic mass is 16.6. The van der Waals surface area contributed by atoms with Crippen LogP contribution < -0.4 is 15.5 Å². The number of nitro benzene ring substituents is 1. The Labute approximate surface area is 205 Å². The predicted molar refractivity (Wildman–Crippen MR) is 144 cm³/mol. The smallest absolute Gasteiger partial charge is 0.269 e. The van der Waals surface area contributed by atoms with Gasteiger partial charge in [-0.2, -0.15) is 0 Å². The second-order valence-electron chi connectivity index (χ2n) is 8.65. The summed E-state index contributed by atoms with van der Waals surface area (Å²) in [6.45, 7) is 6.32. The summed E-state index contributed by atoms with van der Waals surface area (Å²) >= 11 is 0. The SMILES string of the molecule is CCN(CC)c1ccc(Nc2ccc(Nc3cccc4c3Cc3cc([N+](=O)[O-])ccc3-4)cc2)cc1. The van der Waals surface area contributed by atoms with E-state index in [1.165, 1.54) is 11.3 Å². The number of nitrogens with zero attached hydrogens (tertiary/aromatic N) is 2. The highest BCUT2D eigenvalue weighted by Crippen LogP contribution is 2.42. The van der Waals surface area contributed by atoms with Crippen LogP contribution in [0.2, 0.25) is 0 Å². The monoisotopic (exact) mass is 464 g/mol. The second kappa shape index (κ2) is 9.50. The van der Waals surface area contributed by atoms with Gasteiger partial charge in [-0.15, -0.1) is 0 Å². The van der Waals surface area contributed by atoms with Crippen molar-refractivity contribution in [3.63, 3.8) is 0 Å². The van der Waals surface area contributed by atoms with E-state index in [0.717, 1.165) is 52.5 Å². The Morgan fingerprint density at radius 1 is 0.800 bits per heavy atom. The highest BCUT2D eigenvalue weighted by Gasteiger charge is 2.23. The molecule has 0 heterocycles. The molecule has 0 saturated carbocycles. The lowest BCUT2D eigenvalue weighted by Crippen LogP contribution is -2.21. The average molecular weight is 465 g/mol. The van der Waals surface area contributed by atoms with Crippen molar-refractivity contribution < 1.29 is 4.92 Å². The molecule has 0 saturated heterocycles. The first-order valence-corrected chi connectivity index (χ1v) is 11.9. The average Bonchev–Trinajstić information content (AvgIpc) is 3.26. The van der Waals surface area contributed by atoms with Gasteiger partial charge in [0.15, 0.2) is 0 Å². The van der Waals surface area contributed by atoms with Crippen LogP contribution in [0.4, 0.5) is 34.1 Å². The van der Waals surface area contributed by atoms with E-state index in [-0.39, 0.29) is 10.6 Å². The van der Waals surface area contributed by atoms with Gasteiger partial charge < -0.3 is 15.5 Å².